The van der Waals surface area contributed by atoms with E-state index in [1.165, 1.54) is 7.11 Å². The summed E-state index contributed by atoms with van der Waals surface area (Å²) in [5.41, 5.74) is 5.44. The van der Waals surface area contributed by atoms with Gasteiger partial charge in [-0.3, -0.25) is 0 Å². The molecule has 2 rings (SSSR count). The number of hydrogen-bond donors (Lipinski definition) is 1. The summed E-state index contributed by atoms with van der Waals surface area (Å²) in [7, 11) is 1.31. The van der Waals surface area contributed by atoms with E-state index < -0.39 is 11.5 Å². The summed E-state index contributed by atoms with van der Waals surface area (Å²) in [6.45, 7) is 0.117. The molecule has 1 aromatic rings. The van der Waals surface area contributed by atoms with Crippen LogP contribution in [0, 0.1) is 0 Å². The Bertz CT molecular complexity index is 421. The minimum absolute atomic E-state index is 0.117. The molecule has 15 heavy (non-hydrogen) atoms. The molecule has 1 heterocycles. The van der Waals surface area contributed by atoms with Gasteiger partial charge in [-0.15, -0.1) is 0 Å². The van der Waals surface area contributed by atoms with Crippen molar-refractivity contribution in [3.63, 3.8) is 0 Å². The Morgan fingerprint density at radius 3 is 3.07 bits per heavy atom. The Kier molecular flexibility index (Phi) is 2.44. The van der Waals surface area contributed by atoms with Gasteiger partial charge < -0.3 is 15.2 Å². The van der Waals surface area contributed by atoms with E-state index in [0.29, 0.717) is 11.3 Å². The molecule has 0 saturated heterocycles. The number of rotatable bonds is 1. The van der Waals surface area contributed by atoms with Gasteiger partial charge >= 0.3 is 5.97 Å². The average Bonchev–Trinajstić information content (AvgIpc) is 2.57. The molecule has 1 unspecified atom stereocenters. The number of carbonyl (C=O) groups excluding carboxylic acids is 1. The van der Waals surface area contributed by atoms with Gasteiger partial charge in [0.05, 0.1) is 7.11 Å². The highest BCUT2D eigenvalue weighted by molar-refractivity contribution is 9.10. The molecule has 0 aromatic heterocycles. The topological polar surface area (TPSA) is 61.5 Å². The summed E-state index contributed by atoms with van der Waals surface area (Å²) >= 11 is 3.32. The minimum Gasteiger partial charge on any atom is -0.490 e. The first-order valence-corrected chi connectivity index (χ1v) is 5.17. The fourth-order valence-electron chi connectivity index (χ4n) is 1.60. The summed E-state index contributed by atoms with van der Waals surface area (Å²) in [5.74, 6) is 0.144. The van der Waals surface area contributed by atoms with E-state index in [9.17, 15) is 4.79 Å². The maximum absolute atomic E-state index is 11.6. The summed E-state index contributed by atoms with van der Waals surface area (Å²) in [5, 5.41) is 0. The van der Waals surface area contributed by atoms with Crippen LogP contribution in [-0.2, 0) is 15.1 Å². The molecule has 0 fully saturated rings. The largest absolute Gasteiger partial charge is 0.490 e. The molecular weight excluding hydrogens is 262 g/mol. The van der Waals surface area contributed by atoms with Crippen molar-refractivity contribution < 1.29 is 14.3 Å². The van der Waals surface area contributed by atoms with Gasteiger partial charge in [0.25, 0.3) is 0 Å². The lowest BCUT2D eigenvalue weighted by Gasteiger charge is -2.18. The molecule has 1 atom stereocenters. The van der Waals surface area contributed by atoms with Crippen molar-refractivity contribution in [1.29, 1.82) is 0 Å². The Hall–Kier alpha value is -1.07. The van der Waals surface area contributed by atoms with Crippen LogP contribution in [0.1, 0.15) is 5.56 Å². The molecule has 80 valence electrons. The normalized spacial score (nSPS) is 23.1. The average molecular weight is 272 g/mol. The van der Waals surface area contributed by atoms with Crippen LogP contribution in [0.15, 0.2) is 22.7 Å². The number of hydrogen-bond acceptors (Lipinski definition) is 4. The van der Waals surface area contributed by atoms with Gasteiger partial charge in [0.1, 0.15) is 12.4 Å². The predicted molar refractivity (Wildman–Crippen MR) is 57.5 cm³/mol. The highest BCUT2D eigenvalue weighted by atomic mass is 79.9. The zero-order chi connectivity index (χ0) is 11.1. The number of carbonyl (C=O) groups is 1. The first kappa shape index (κ1) is 10.4. The van der Waals surface area contributed by atoms with Gasteiger partial charge in [0, 0.05) is 10.0 Å². The Morgan fingerprint density at radius 2 is 2.40 bits per heavy atom. The monoisotopic (exact) mass is 271 g/mol. The number of methoxy groups -OCH3 is 1. The maximum Gasteiger partial charge on any atom is 0.334 e. The van der Waals surface area contributed by atoms with E-state index in [2.05, 4.69) is 20.7 Å². The Balaban J connectivity index is 2.51. The quantitative estimate of drug-likeness (QED) is 0.779. The molecule has 0 aliphatic carbocycles. The summed E-state index contributed by atoms with van der Waals surface area (Å²) < 4.78 is 10.9. The van der Waals surface area contributed by atoms with Crippen molar-refractivity contribution in [3.05, 3.63) is 28.2 Å². The van der Waals surface area contributed by atoms with Gasteiger partial charge in [-0.25, -0.2) is 4.79 Å². The Morgan fingerprint density at radius 1 is 1.67 bits per heavy atom. The van der Waals surface area contributed by atoms with Gasteiger partial charge in [0.2, 0.25) is 0 Å². The molecule has 1 aromatic carbocycles. The fourth-order valence-corrected chi connectivity index (χ4v) is 1.96. The molecule has 1 aliphatic rings. The molecule has 4 nitrogen and oxygen atoms in total. The van der Waals surface area contributed by atoms with Gasteiger partial charge in [-0.1, -0.05) is 15.9 Å². The molecule has 2 N–H and O–H groups in total. The number of esters is 1. The molecule has 0 bridgehead atoms. The van der Waals surface area contributed by atoms with E-state index in [1.54, 1.807) is 12.1 Å². The minimum atomic E-state index is -1.19. The second kappa shape index (κ2) is 3.50. The Labute approximate surface area is 95.5 Å². The van der Waals surface area contributed by atoms with Crippen molar-refractivity contribution in [2.24, 2.45) is 5.73 Å². The van der Waals surface area contributed by atoms with Crippen molar-refractivity contribution in [2.45, 2.75) is 5.54 Å². The van der Waals surface area contributed by atoms with E-state index in [0.717, 1.165) is 4.47 Å². The van der Waals surface area contributed by atoms with Crippen molar-refractivity contribution in [1.82, 2.24) is 0 Å². The van der Waals surface area contributed by atoms with E-state index in [4.69, 9.17) is 10.5 Å². The number of benzene rings is 1. The third kappa shape index (κ3) is 1.52. The highest BCUT2D eigenvalue weighted by Crippen LogP contribution is 2.37. The van der Waals surface area contributed by atoms with Gasteiger partial charge in [0.15, 0.2) is 5.54 Å². The molecular formula is C10H10BrNO3. The zero-order valence-electron chi connectivity index (χ0n) is 8.12. The molecule has 1 aliphatic heterocycles. The van der Waals surface area contributed by atoms with Crippen LogP contribution in [0.5, 0.6) is 5.75 Å². The second-order valence-corrected chi connectivity index (χ2v) is 4.31. The summed E-state index contributed by atoms with van der Waals surface area (Å²) in [6.07, 6.45) is 0. The lowest BCUT2D eigenvalue weighted by molar-refractivity contribution is -0.147. The highest BCUT2D eigenvalue weighted by Gasteiger charge is 2.45. The van der Waals surface area contributed by atoms with Crippen LogP contribution in [0.4, 0.5) is 0 Å². The predicted octanol–water partition coefficient (Wildman–Crippen LogP) is 1.17. The molecule has 0 spiro atoms. The van der Waals surface area contributed by atoms with Crippen molar-refractivity contribution in [2.75, 3.05) is 13.7 Å². The first-order chi connectivity index (χ1) is 7.08. The van der Waals surface area contributed by atoms with E-state index in [-0.39, 0.29) is 6.61 Å². The maximum atomic E-state index is 11.6. The molecule has 5 heteroatoms. The van der Waals surface area contributed by atoms with Crippen LogP contribution in [-0.4, -0.2) is 19.7 Å². The van der Waals surface area contributed by atoms with E-state index >= 15 is 0 Å². The zero-order valence-corrected chi connectivity index (χ0v) is 9.71. The first-order valence-electron chi connectivity index (χ1n) is 4.38. The SMILES string of the molecule is COC(=O)C1(N)COc2ccc(Br)cc21. The summed E-state index contributed by atoms with van der Waals surface area (Å²) in [6, 6.07) is 5.39. The fraction of sp³-hybridized carbons (Fsp3) is 0.300. The third-order valence-corrected chi connectivity index (χ3v) is 2.92. The van der Waals surface area contributed by atoms with Crippen LogP contribution in [0.3, 0.4) is 0 Å². The van der Waals surface area contributed by atoms with Crippen LogP contribution in [0.2, 0.25) is 0 Å². The number of halogens is 1. The van der Waals surface area contributed by atoms with Gasteiger partial charge in [-0.05, 0) is 18.2 Å². The number of nitrogens with two attached hydrogens (primary N) is 1. The van der Waals surface area contributed by atoms with Crippen molar-refractivity contribution in [3.8, 4) is 5.75 Å². The van der Waals surface area contributed by atoms with E-state index in [1.807, 2.05) is 6.07 Å². The smallest absolute Gasteiger partial charge is 0.334 e. The lowest BCUT2D eigenvalue weighted by Crippen LogP contribution is -2.47. The van der Waals surface area contributed by atoms with Crippen LogP contribution < -0.4 is 10.5 Å². The number of ether oxygens (including phenoxy) is 2. The molecule has 0 amide bonds. The standard InChI is InChI=1S/C10H10BrNO3/c1-14-9(13)10(12)5-15-8-3-2-6(11)4-7(8)10/h2-4H,5,12H2,1H3. The summed E-state index contributed by atoms with van der Waals surface area (Å²) in [4.78, 5) is 11.6. The second-order valence-electron chi connectivity index (χ2n) is 3.39. The third-order valence-electron chi connectivity index (χ3n) is 2.43. The number of fused-ring (bicyclic) bond motifs is 1. The van der Waals surface area contributed by atoms with Crippen molar-refractivity contribution >= 4 is 21.9 Å². The van der Waals surface area contributed by atoms with Crippen LogP contribution >= 0.6 is 15.9 Å². The lowest BCUT2D eigenvalue weighted by atomic mass is 9.93. The molecule has 0 saturated carbocycles. The molecule has 0 radical (unpaired) electrons. The van der Waals surface area contributed by atoms with Crippen LogP contribution in [0.25, 0.3) is 0 Å². The van der Waals surface area contributed by atoms with Gasteiger partial charge in [-0.2, -0.15) is 0 Å².